The maximum absolute atomic E-state index is 13.5. The van der Waals surface area contributed by atoms with Gasteiger partial charge in [-0.15, -0.1) is 0 Å². The van der Waals surface area contributed by atoms with Gasteiger partial charge in [-0.2, -0.15) is 5.10 Å². The number of aromatic nitrogens is 2. The lowest BCUT2D eigenvalue weighted by Crippen LogP contribution is -2.25. The van der Waals surface area contributed by atoms with Gasteiger partial charge in [0.1, 0.15) is 23.8 Å². The minimum atomic E-state index is -0.269. The van der Waals surface area contributed by atoms with E-state index in [1.165, 1.54) is 12.5 Å². The number of phenolic OH excluding ortho intramolecular Hbond substituents is 1. The van der Waals surface area contributed by atoms with E-state index in [1.807, 2.05) is 18.2 Å². The fraction of sp³-hybridized carbons (Fsp3) is 0.464. The summed E-state index contributed by atoms with van der Waals surface area (Å²) in [5.74, 6) is 0.408. The second kappa shape index (κ2) is 10.3. The Kier molecular flexibility index (Phi) is 6.96. The number of likely N-dealkylation sites (N-methyl/N-ethyl adjacent to an activating group) is 1. The Balaban J connectivity index is 1.33. The van der Waals surface area contributed by atoms with Crippen LogP contribution in [-0.2, 0) is 13.1 Å². The van der Waals surface area contributed by atoms with Gasteiger partial charge in [0, 0.05) is 37.0 Å². The summed E-state index contributed by atoms with van der Waals surface area (Å²) in [6, 6.07) is 9.05. The third kappa shape index (κ3) is 4.82. The highest BCUT2D eigenvalue weighted by atomic mass is 16.5. The molecule has 1 aromatic heterocycles. The molecule has 8 heteroatoms. The number of benzene rings is 2. The lowest BCUT2D eigenvalue weighted by Gasteiger charge is -2.19. The first-order valence-corrected chi connectivity index (χ1v) is 12.9. The van der Waals surface area contributed by atoms with Crippen LogP contribution in [0.15, 0.2) is 30.3 Å². The Hall–Kier alpha value is -3.39. The normalized spacial score (nSPS) is 16.0. The number of amides is 1. The monoisotopic (exact) mass is 490 g/mol. The molecule has 1 amide bonds. The lowest BCUT2D eigenvalue weighted by molar-refractivity contribution is 0.0748. The summed E-state index contributed by atoms with van der Waals surface area (Å²) in [7, 11) is 2.06. The summed E-state index contributed by atoms with van der Waals surface area (Å²) in [5, 5.41) is 18.4. The highest BCUT2D eigenvalue weighted by molar-refractivity contribution is 6.10. The second-order valence-corrected chi connectivity index (χ2v) is 10.0. The van der Waals surface area contributed by atoms with Gasteiger partial charge in [0.25, 0.3) is 5.91 Å². The van der Waals surface area contributed by atoms with Crippen LogP contribution < -0.4 is 4.74 Å². The van der Waals surface area contributed by atoms with Crippen LogP contribution in [0.25, 0.3) is 10.9 Å². The number of H-pyrrole nitrogens is 1. The van der Waals surface area contributed by atoms with Crippen molar-refractivity contribution in [3.05, 3.63) is 52.7 Å². The van der Waals surface area contributed by atoms with Gasteiger partial charge in [0.15, 0.2) is 5.78 Å². The minimum Gasteiger partial charge on any atom is -0.507 e. The van der Waals surface area contributed by atoms with Gasteiger partial charge in [-0.25, -0.2) is 0 Å². The molecule has 190 valence electrons. The molecular formula is C28H34N4O4. The third-order valence-electron chi connectivity index (χ3n) is 7.59. The molecule has 2 aromatic carbocycles. The van der Waals surface area contributed by atoms with Crippen LogP contribution in [0.5, 0.6) is 11.5 Å². The van der Waals surface area contributed by atoms with E-state index in [2.05, 4.69) is 29.1 Å². The molecule has 2 heterocycles. The zero-order valence-corrected chi connectivity index (χ0v) is 21.0. The Morgan fingerprint density at radius 2 is 1.92 bits per heavy atom. The van der Waals surface area contributed by atoms with Crippen LogP contribution in [0.2, 0.25) is 0 Å². The Morgan fingerprint density at radius 3 is 2.69 bits per heavy atom. The van der Waals surface area contributed by atoms with E-state index in [0.29, 0.717) is 36.3 Å². The first kappa shape index (κ1) is 24.3. The van der Waals surface area contributed by atoms with Gasteiger partial charge >= 0.3 is 0 Å². The summed E-state index contributed by atoms with van der Waals surface area (Å²) >= 11 is 0. The number of rotatable bonds is 8. The number of aromatic hydroxyl groups is 1. The number of ketones is 1. The molecule has 0 spiro atoms. The van der Waals surface area contributed by atoms with Gasteiger partial charge in [-0.3, -0.25) is 14.7 Å². The van der Waals surface area contributed by atoms with Crippen molar-refractivity contribution in [1.82, 2.24) is 20.0 Å². The van der Waals surface area contributed by atoms with Crippen molar-refractivity contribution in [2.24, 2.45) is 5.92 Å². The molecule has 2 aliphatic rings. The summed E-state index contributed by atoms with van der Waals surface area (Å²) in [4.78, 5) is 30.5. The van der Waals surface area contributed by atoms with E-state index in [9.17, 15) is 14.7 Å². The summed E-state index contributed by atoms with van der Waals surface area (Å²) in [5.41, 5.74) is 3.23. The van der Waals surface area contributed by atoms with Crippen LogP contribution in [-0.4, -0.2) is 63.5 Å². The van der Waals surface area contributed by atoms with Crippen molar-refractivity contribution >= 4 is 22.6 Å². The van der Waals surface area contributed by atoms with Crippen molar-refractivity contribution in [1.29, 1.82) is 0 Å². The first-order chi connectivity index (χ1) is 17.4. The largest absolute Gasteiger partial charge is 0.507 e. The Bertz CT molecular complexity index is 1280. The number of nitrogens with one attached hydrogen (secondary N) is 1. The number of fused-ring (bicyclic) bond motifs is 2. The molecule has 5 rings (SSSR count). The number of hydrogen-bond acceptors (Lipinski definition) is 6. The molecule has 1 saturated carbocycles. The zero-order chi connectivity index (χ0) is 25.2. The van der Waals surface area contributed by atoms with E-state index >= 15 is 0 Å². The SMILES string of the molecule is CCN(C)CCOc1ccc2c(c1)CN(C(=O)c1cc3c(C(=O)C4CCCCC4)n[nH]c3cc1O)C2. The lowest BCUT2D eigenvalue weighted by atomic mass is 9.84. The second-order valence-electron chi connectivity index (χ2n) is 10.0. The van der Waals surface area contributed by atoms with E-state index in [0.717, 1.165) is 55.6 Å². The highest BCUT2D eigenvalue weighted by Crippen LogP contribution is 2.33. The van der Waals surface area contributed by atoms with Crippen LogP contribution in [0.3, 0.4) is 0 Å². The van der Waals surface area contributed by atoms with Crippen molar-refractivity contribution in [3.63, 3.8) is 0 Å². The van der Waals surface area contributed by atoms with Crippen molar-refractivity contribution < 1.29 is 19.4 Å². The molecule has 1 aliphatic carbocycles. The molecule has 1 aliphatic heterocycles. The van der Waals surface area contributed by atoms with E-state index < -0.39 is 0 Å². The number of nitrogens with zero attached hydrogens (tertiary/aromatic N) is 3. The molecule has 0 bridgehead atoms. The Morgan fingerprint density at radius 1 is 1.14 bits per heavy atom. The molecule has 0 radical (unpaired) electrons. The quantitative estimate of drug-likeness (QED) is 0.451. The molecule has 0 saturated heterocycles. The summed E-state index contributed by atoms with van der Waals surface area (Å²) in [6.45, 7) is 5.43. The maximum atomic E-state index is 13.5. The fourth-order valence-electron chi connectivity index (χ4n) is 5.22. The molecule has 36 heavy (non-hydrogen) atoms. The molecule has 0 unspecified atom stereocenters. The van der Waals surface area contributed by atoms with Crippen molar-refractivity contribution in [3.8, 4) is 11.5 Å². The summed E-state index contributed by atoms with van der Waals surface area (Å²) < 4.78 is 5.90. The van der Waals surface area contributed by atoms with Crippen LogP contribution in [0.1, 0.15) is 71.0 Å². The average Bonchev–Trinajstić information content (AvgIpc) is 3.51. The van der Waals surface area contributed by atoms with Gasteiger partial charge in [-0.1, -0.05) is 32.3 Å². The van der Waals surface area contributed by atoms with Crippen LogP contribution >= 0.6 is 0 Å². The highest BCUT2D eigenvalue weighted by Gasteiger charge is 2.29. The van der Waals surface area contributed by atoms with Gasteiger partial charge in [0.2, 0.25) is 0 Å². The van der Waals surface area contributed by atoms with E-state index in [1.54, 1.807) is 11.0 Å². The molecule has 1 fully saturated rings. The van der Waals surface area contributed by atoms with E-state index in [-0.39, 0.29) is 28.9 Å². The van der Waals surface area contributed by atoms with Gasteiger partial charge < -0.3 is 19.6 Å². The first-order valence-electron chi connectivity index (χ1n) is 12.9. The number of carbonyl (C=O) groups excluding carboxylic acids is 2. The van der Waals surface area contributed by atoms with Crippen molar-refractivity contribution in [2.45, 2.75) is 52.1 Å². The van der Waals surface area contributed by atoms with Gasteiger partial charge in [-0.05, 0) is 55.8 Å². The number of Topliss-reactive ketones (excluding diaryl/α,β-unsaturated/α-hetero) is 1. The predicted molar refractivity (Wildman–Crippen MR) is 137 cm³/mol. The summed E-state index contributed by atoms with van der Waals surface area (Å²) in [6.07, 6.45) is 5.04. The molecule has 3 aromatic rings. The topological polar surface area (TPSA) is 98.8 Å². The third-order valence-corrected chi connectivity index (χ3v) is 7.59. The number of phenols is 1. The molecule has 2 N–H and O–H groups in total. The van der Waals surface area contributed by atoms with Gasteiger partial charge in [0.05, 0.1) is 11.1 Å². The number of hydrogen-bond donors (Lipinski definition) is 2. The maximum Gasteiger partial charge on any atom is 0.258 e. The molecule has 8 nitrogen and oxygen atoms in total. The van der Waals surface area contributed by atoms with Crippen LogP contribution in [0, 0.1) is 5.92 Å². The van der Waals surface area contributed by atoms with Crippen molar-refractivity contribution in [2.75, 3.05) is 26.7 Å². The zero-order valence-electron chi connectivity index (χ0n) is 21.0. The molecular weight excluding hydrogens is 456 g/mol. The number of ether oxygens (including phenoxy) is 1. The predicted octanol–water partition coefficient (Wildman–Crippen LogP) is 4.52. The number of carbonyl (C=O) groups is 2. The average molecular weight is 491 g/mol. The van der Waals surface area contributed by atoms with Crippen LogP contribution in [0.4, 0.5) is 0 Å². The molecule has 0 atom stereocenters. The standard InChI is InChI=1S/C28H34N4O4/c1-3-31(2)11-12-36-21-10-9-19-16-32(17-20(19)13-21)28(35)23-14-22-24(15-25(23)33)29-30-26(22)27(34)18-7-5-4-6-8-18/h9-10,13-15,18,33H,3-8,11-12,16-17H2,1-2H3,(H,29,30). The Labute approximate surface area is 211 Å². The number of aromatic amines is 1. The smallest absolute Gasteiger partial charge is 0.258 e. The minimum absolute atomic E-state index is 0.0231. The van der Waals surface area contributed by atoms with E-state index in [4.69, 9.17) is 4.74 Å². The fourth-order valence-corrected chi connectivity index (χ4v) is 5.22.